The SMILES string of the molecule is COc1cc(N2CCC(CN3CCCCC3)CC2)ccc1[N+](=O)[O-]. The molecule has 24 heavy (non-hydrogen) atoms. The first-order valence-electron chi connectivity index (χ1n) is 8.97. The van der Waals surface area contributed by atoms with E-state index in [1.54, 1.807) is 12.1 Å². The quantitative estimate of drug-likeness (QED) is 0.611. The lowest BCUT2D eigenvalue weighted by molar-refractivity contribution is -0.385. The third-order valence-electron chi connectivity index (χ3n) is 5.30. The largest absolute Gasteiger partial charge is 0.490 e. The van der Waals surface area contributed by atoms with E-state index in [4.69, 9.17) is 4.74 Å². The summed E-state index contributed by atoms with van der Waals surface area (Å²) in [6, 6.07) is 5.18. The van der Waals surface area contributed by atoms with Crippen LogP contribution in [0.4, 0.5) is 11.4 Å². The highest BCUT2D eigenvalue weighted by atomic mass is 16.6. The second-order valence-electron chi connectivity index (χ2n) is 6.90. The van der Waals surface area contributed by atoms with E-state index in [2.05, 4.69) is 9.80 Å². The van der Waals surface area contributed by atoms with Crippen molar-refractivity contribution in [1.82, 2.24) is 4.90 Å². The molecule has 0 aliphatic carbocycles. The summed E-state index contributed by atoms with van der Waals surface area (Å²) in [6.45, 7) is 5.79. The Bertz CT molecular complexity index is 565. The molecule has 0 unspecified atom stereocenters. The number of nitrogens with zero attached hydrogens (tertiary/aromatic N) is 3. The monoisotopic (exact) mass is 333 g/mol. The van der Waals surface area contributed by atoms with E-state index in [0.29, 0.717) is 5.75 Å². The normalized spacial score (nSPS) is 20.1. The number of hydrogen-bond donors (Lipinski definition) is 0. The molecule has 0 spiro atoms. The number of rotatable bonds is 5. The van der Waals surface area contributed by atoms with Crippen LogP contribution in [0.5, 0.6) is 5.75 Å². The van der Waals surface area contributed by atoms with Gasteiger partial charge in [-0.05, 0) is 50.8 Å². The number of ether oxygens (including phenoxy) is 1. The minimum Gasteiger partial charge on any atom is -0.490 e. The fourth-order valence-electron chi connectivity index (χ4n) is 3.89. The lowest BCUT2D eigenvalue weighted by Gasteiger charge is -2.37. The van der Waals surface area contributed by atoms with Gasteiger partial charge in [-0.15, -0.1) is 0 Å². The number of benzene rings is 1. The Kier molecular flexibility index (Phi) is 5.56. The van der Waals surface area contributed by atoms with Crippen LogP contribution in [0.25, 0.3) is 0 Å². The van der Waals surface area contributed by atoms with E-state index in [9.17, 15) is 10.1 Å². The van der Waals surface area contributed by atoms with Crippen LogP contribution < -0.4 is 9.64 Å². The fourth-order valence-corrected chi connectivity index (χ4v) is 3.89. The average molecular weight is 333 g/mol. The third-order valence-corrected chi connectivity index (χ3v) is 5.30. The van der Waals surface area contributed by atoms with Gasteiger partial charge >= 0.3 is 5.69 Å². The summed E-state index contributed by atoms with van der Waals surface area (Å²) in [7, 11) is 1.48. The summed E-state index contributed by atoms with van der Waals surface area (Å²) in [6.07, 6.45) is 6.46. The lowest BCUT2D eigenvalue weighted by atomic mass is 9.95. The Morgan fingerprint density at radius 2 is 1.88 bits per heavy atom. The molecular weight excluding hydrogens is 306 g/mol. The predicted molar refractivity (Wildman–Crippen MR) is 94.9 cm³/mol. The van der Waals surface area contributed by atoms with Gasteiger partial charge in [-0.3, -0.25) is 10.1 Å². The smallest absolute Gasteiger partial charge is 0.311 e. The molecule has 6 heteroatoms. The molecule has 1 aromatic carbocycles. The molecule has 2 heterocycles. The van der Waals surface area contributed by atoms with Gasteiger partial charge in [0.15, 0.2) is 5.75 Å². The first-order valence-corrected chi connectivity index (χ1v) is 8.97. The van der Waals surface area contributed by atoms with Gasteiger partial charge in [0.1, 0.15) is 0 Å². The van der Waals surface area contributed by atoms with Crippen molar-refractivity contribution >= 4 is 11.4 Å². The first kappa shape index (κ1) is 17.0. The average Bonchev–Trinajstić information content (AvgIpc) is 2.62. The van der Waals surface area contributed by atoms with Crippen LogP contribution in [-0.2, 0) is 0 Å². The van der Waals surface area contributed by atoms with E-state index in [-0.39, 0.29) is 5.69 Å². The van der Waals surface area contributed by atoms with Crippen LogP contribution in [0.1, 0.15) is 32.1 Å². The van der Waals surface area contributed by atoms with Gasteiger partial charge in [-0.25, -0.2) is 0 Å². The molecule has 2 aliphatic heterocycles. The zero-order chi connectivity index (χ0) is 16.9. The highest BCUT2D eigenvalue weighted by Gasteiger charge is 2.24. The lowest BCUT2D eigenvalue weighted by Crippen LogP contribution is -2.40. The van der Waals surface area contributed by atoms with Gasteiger partial charge in [0, 0.05) is 37.5 Å². The van der Waals surface area contributed by atoms with Crippen molar-refractivity contribution in [2.75, 3.05) is 44.7 Å². The zero-order valence-corrected chi connectivity index (χ0v) is 14.4. The second kappa shape index (κ2) is 7.83. The summed E-state index contributed by atoms with van der Waals surface area (Å²) in [4.78, 5) is 15.6. The molecule has 0 bridgehead atoms. The number of likely N-dealkylation sites (tertiary alicyclic amines) is 1. The predicted octanol–water partition coefficient (Wildman–Crippen LogP) is 3.31. The fraction of sp³-hybridized carbons (Fsp3) is 0.667. The molecule has 2 saturated heterocycles. The molecule has 0 N–H and O–H groups in total. The number of hydrogen-bond acceptors (Lipinski definition) is 5. The van der Waals surface area contributed by atoms with Gasteiger partial charge < -0.3 is 14.5 Å². The zero-order valence-electron chi connectivity index (χ0n) is 14.4. The van der Waals surface area contributed by atoms with Crippen molar-refractivity contribution in [2.45, 2.75) is 32.1 Å². The number of nitro groups is 1. The van der Waals surface area contributed by atoms with Crippen LogP contribution in [0.15, 0.2) is 18.2 Å². The maximum atomic E-state index is 11.0. The molecule has 3 rings (SSSR count). The van der Waals surface area contributed by atoms with Gasteiger partial charge in [-0.2, -0.15) is 0 Å². The summed E-state index contributed by atoms with van der Waals surface area (Å²) in [5, 5.41) is 11.0. The summed E-state index contributed by atoms with van der Waals surface area (Å²) in [5.41, 5.74) is 1.05. The molecule has 1 aromatic rings. The van der Waals surface area contributed by atoms with E-state index >= 15 is 0 Å². The highest BCUT2D eigenvalue weighted by molar-refractivity contribution is 5.59. The molecule has 2 aliphatic rings. The van der Waals surface area contributed by atoms with E-state index in [1.165, 1.54) is 58.8 Å². The second-order valence-corrected chi connectivity index (χ2v) is 6.90. The summed E-state index contributed by atoms with van der Waals surface area (Å²) in [5.74, 6) is 1.12. The summed E-state index contributed by atoms with van der Waals surface area (Å²) < 4.78 is 5.18. The third kappa shape index (κ3) is 3.98. The van der Waals surface area contributed by atoms with Gasteiger partial charge in [0.05, 0.1) is 12.0 Å². The van der Waals surface area contributed by atoms with Crippen LogP contribution in [0.2, 0.25) is 0 Å². The standard InChI is InChI=1S/C18H27N3O3/c1-24-18-13-16(5-6-17(18)21(22)23)20-11-7-15(8-12-20)14-19-9-3-2-4-10-19/h5-6,13,15H,2-4,7-12,14H2,1H3. The van der Waals surface area contributed by atoms with Crippen molar-refractivity contribution in [2.24, 2.45) is 5.92 Å². The van der Waals surface area contributed by atoms with Crippen molar-refractivity contribution in [3.05, 3.63) is 28.3 Å². The maximum absolute atomic E-state index is 11.0. The van der Waals surface area contributed by atoms with Gasteiger partial charge in [0.25, 0.3) is 0 Å². The summed E-state index contributed by atoms with van der Waals surface area (Å²) >= 11 is 0. The molecule has 2 fully saturated rings. The minimum absolute atomic E-state index is 0.0289. The minimum atomic E-state index is -0.395. The van der Waals surface area contributed by atoms with Crippen LogP contribution >= 0.6 is 0 Å². The Morgan fingerprint density at radius 1 is 1.17 bits per heavy atom. The number of nitro benzene ring substituents is 1. The Balaban J connectivity index is 1.57. The van der Waals surface area contributed by atoms with Crippen molar-refractivity contribution < 1.29 is 9.66 Å². The van der Waals surface area contributed by atoms with Gasteiger partial charge in [-0.1, -0.05) is 6.42 Å². The molecule has 0 saturated carbocycles. The van der Waals surface area contributed by atoms with Crippen LogP contribution in [0.3, 0.4) is 0 Å². The Labute approximate surface area is 143 Å². The number of methoxy groups -OCH3 is 1. The van der Waals surface area contributed by atoms with Crippen LogP contribution in [0, 0.1) is 16.0 Å². The van der Waals surface area contributed by atoms with Crippen molar-refractivity contribution in [3.8, 4) is 5.75 Å². The maximum Gasteiger partial charge on any atom is 0.311 e. The van der Waals surface area contributed by atoms with E-state index in [0.717, 1.165) is 24.7 Å². The van der Waals surface area contributed by atoms with E-state index < -0.39 is 4.92 Å². The Hall–Kier alpha value is -1.82. The van der Waals surface area contributed by atoms with Crippen molar-refractivity contribution in [1.29, 1.82) is 0 Å². The number of anilines is 1. The van der Waals surface area contributed by atoms with Gasteiger partial charge in [0.2, 0.25) is 0 Å². The molecule has 0 atom stereocenters. The molecule has 0 aromatic heterocycles. The van der Waals surface area contributed by atoms with Crippen LogP contribution in [-0.4, -0.2) is 49.7 Å². The molecule has 0 radical (unpaired) electrons. The highest BCUT2D eigenvalue weighted by Crippen LogP contribution is 2.33. The van der Waals surface area contributed by atoms with Crippen molar-refractivity contribution in [3.63, 3.8) is 0 Å². The molecule has 132 valence electrons. The molecule has 0 amide bonds. The Morgan fingerprint density at radius 3 is 2.50 bits per heavy atom. The topological polar surface area (TPSA) is 58.8 Å². The van der Waals surface area contributed by atoms with E-state index in [1.807, 2.05) is 6.07 Å². The first-order chi connectivity index (χ1) is 11.7. The molecular formula is C18H27N3O3. The molecule has 6 nitrogen and oxygen atoms in total. The number of piperidine rings is 2.